The molecular weight excluding hydrogens is 321 g/mol. The highest BCUT2D eigenvalue weighted by atomic mass is 35.5. The van der Waals surface area contributed by atoms with Gasteiger partial charge in [-0.1, -0.05) is 24.3 Å². The lowest BCUT2D eigenvalue weighted by atomic mass is 10.1. The van der Waals surface area contributed by atoms with E-state index in [2.05, 4.69) is 28.4 Å². The van der Waals surface area contributed by atoms with E-state index in [1.54, 1.807) is 0 Å². The van der Waals surface area contributed by atoms with Crippen LogP contribution in [0.15, 0.2) is 24.3 Å². The highest BCUT2D eigenvalue weighted by molar-refractivity contribution is 5.85. The lowest BCUT2D eigenvalue weighted by molar-refractivity contribution is -0.121. The summed E-state index contributed by atoms with van der Waals surface area (Å²) >= 11 is 0. The zero-order valence-corrected chi connectivity index (χ0v) is 14.6. The third kappa shape index (κ3) is 6.97. The van der Waals surface area contributed by atoms with Crippen LogP contribution in [0.2, 0.25) is 0 Å². The Balaban J connectivity index is 0.00000220. The van der Waals surface area contributed by atoms with Crippen molar-refractivity contribution in [1.82, 2.24) is 10.2 Å². The zero-order valence-electron chi connectivity index (χ0n) is 12.9. The fourth-order valence-corrected chi connectivity index (χ4v) is 2.61. The van der Waals surface area contributed by atoms with Gasteiger partial charge < -0.3 is 11.1 Å². The van der Waals surface area contributed by atoms with Gasteiger partial charge in [-0.2, -0.15) is 0 Å². The summed E-state index contributed by atoms with van der Waals surface area (Å²) in [5.41, 5.74) is 7.96. The van der Waals surface area contributed by atoms with Gasteiger partial charge in [0.15, 0.2) is 0 Å². The van der Waals surface area contributed by atoms with Crippen LogP contribution in [0.4, 0.5) is 0 Å². The largest absolute Gasteiger partial charge is 0.352 e. The fraction of sp³-hybridized carbons (Fsp3) is 0.562. The minimum Gasteiger partial charge on any atom is -0.352 e. The summed E-state index contributed by atoms with van der Waals surface area (Å²) in [5.74, 6) is 0.0893. The lowest BCUT2D eigenvalue weighted by Gasteiger charge is -2.17. The van der Waals surface area contributed by atoms with Crippen molar-refractivity contribution >= 4 is 30.7 Å². The first-order chi connectivity index (χ1) is 9.79. The molecule has 4 nitrogen and oxygen atoms in total. The summed E-state index contributed by atoms with van der Waals surface area (Å²) in [6, 6.07) is 8.38. The molecule has 1 aromatic carbocycles. The van der Waals surface area contributed by atoms with Crippen LogP contribution in [0.3, 0.4) is 0 Å². The van der Waals surface area contributed by atoms with Gasteiger partial charge in [0.1, 0.15) is 0 Å². The maximum absolute atomic E-state index is 11.7. The molecule has 1 fully saturated rings. The number of benzene rings is 1. The standard InChI is InChI=1S/C16H25N3O.2ClH/c17-9-5-8-16(20)18-12-14-6-1-2-7-15(14)13-19-10-3-4-11-19;;/h1-2,6-7H,3-5,8-13,17H2,(H,18,20);2*1H. The second-order valence-electron chi connectivity index (χ2n) is 5.42. The molecule has 1 saturated heterocycles. The van der Waals surface area contributed by atoms with Gasteiger partial charge in [0, 0.05) is 19.5 Å². The van der Waals surface area contributed by atoms with Crippen LogP contribution in [0.5, 0.6) is 0 Å². The van der Waals surface area contributed by atoms with Gasteiger partial charge in [-0.15, -0.1) is 24.8 Å². The Labute approximate surface area is 145 Å². The molecule has 1 aliphatic heterocycles. The van der Waals surface area contributed by atoms with Crippen molar-refractivity contribution < 1.29 is 4.79 Å². The molecule has 0 saturated carbocycles. The molecule has 3 N–H and O–H groups in total. The minimum atomic E-state index is 0. The number of nitrogens with zero attached hydrogens (tertiary/aromatic N) is 1. The second-order valence-corrected chi connectivity index (χ2v) is 5.42. The number of likely N-dealkylation sites (tertiary alicyclic amines) is 1. The number of halogens is 2. The first-order valence-electron chi connectivity index (χ1n) is 7.55. The summed E-state index contributed by atoms with van der Waals surface area (Å²) < 4.78 is 0. The van der Waals surface area contributed by atoms with Crippen molar-refractivity contribution in [2.24, 2.45) is 5.73 Å². The second kappa shape index (κ2) is 11.7. The highest BCUT2D eigenvalue weighted by Gasteiger charge is 2.13. The van der Waals surface area contributed by atoms with E-state index in [1.807, 2.05) is 6.07 Å². The van der Waals surface area contributed by atoms with Crippen LogP contribution in [-0.4, -0.2) is 30.4 Å². The molecule has 0 unspecified atom stereocenters. The first kappa shape index (κ1) is 21.2. The molecule has 6 heteroatoms. The van der Waals surface area contributed by atoms with E-state index in [0.29, 0.717) is 19.5 Å². The lowest BCUT2D eigenvalue weighted by Crippen LogP contribution is -2.25. The molecule has 1 amide bonds. The minimum absolute atomic E-state index is 0. The van der Waals surface area contributed by atoms with Gasteiger partial charge in [0.2, 0.25) is 5.91 Å². The molecule has 0 radical (unpaired) electrons. The van der Waals surface area contributed by atoms with Crippen LogP contribution in [0.25, 0.3) is 0 Å². The number of rotatable bonds is 7. The third-order valence-electron chi connectivity index (χ3n) is 3.79. The third-order valence-corrected chi connectivity index (χ3v) is 3.79. The Hall–Kier alpha value is -0.810. The van der Waals surface area contributed by atoms with Crippen molar-refractivity contribution in [2.75, 3.05) is 19.6 Å². The van der Waals surface area contributed by atoms with Gasteiger partial charge in [-0.25, -0.2) is 0 Å². The Morgan fingerprint density at radius 3 is 2.41 bits per heavy atom. The van der Waals surface area contributed by atoms with Gasteiger partial charge in [-0.3, -0.25) is 9.69 Å². The fourth-order valence-electron chi connectivity index (χ4n) is 2.61. The molecule has 0 aromatic heterocycles. The number of amides is 1. The average Bonchev–Trinajstić information content (AvgIpc) is 2.97. The molecule has 1 aliphatic rings. The number of nitrogens with two attached hydrogens (primary N) is 1. The Morgan fingerprint density at radius 1 is 1.14 bits per heavy atom. The molecule has 0 aliphatic carbocycles. The highest BCUT2D eigenvalue weighted by Crippen LogP contribution is 2.16. The van der Waals surface area contributed by atoms with Crippen LogP contribution < -0.4 is 11.1 Å². The predicted octanol–water partition coefficient (Wildman–Crippen LogP) is 2.48. The quantitative estimate of drug-likeness (QED) is 0.796. The van der Waals surface area contributed by atoms with E-state index >= 15 is 0 Å². The Bertz CT molecular complexity index is 437. The maximum atomic E-state index is 11.7. The maximum Gasteiger partial charge on any atom is 0.220 e. The van der Waals surface area contributed by atoms with Crippen molar-refractivity contribution in [3.63, 3.8) is 0 Å². The monoisotopic (exact) mass is 347 g/mol. The van der Waals surface area contributed by atoms with E-state index in [9.17, 15) is 4.79 Å². The summed E-state index contributed by atoms with van der Waals surface area (Å²) in [6.45, 7) is 4.57. The van der Waals surface area contributed by atoms with Crippen LogP contribution in [0.1, 0.15) is 36.8 Å². The van der Waals surface area contributed by atoms with E-state index in [4.69, 9.17) is 5.73 Å². The molecule has 126 valence electrons. The summed E-state index contributed by atoms with van der Waals surface area (Å²) in [5, 5.41) is 2.99. The van der Waals surface area contributed by atoms with Gasteiger partial charge >= 0.3 is 0 Å². The average molecular weight is 348 g/mol. The Morgan fingerprint density at radius 2 is 1.77 bits per heavy atom. The number of nitrogens with one attached hydrogen (secondary N) is 1. The van der Waals surface area contributed by atoms with Crippen molar-refractivity contribution in [3.05, 3.63) is 35.4 Å². The van der Waals surface area contributed by atoms with Crippen LogP contribution in [0, 0.1) is 0 Å². The number of carbonyl (C=O) groups is 1. The van der Waals surface area contributed by atoms with E-state index in [-0.39, 0.29) is 30.7 Å². The molecule has 0 bridgehead atoms. The van der Waals surface area contributed by atoms with E-state index in [0.717, 1.165) is 13.0 Å². The summed E-state index contributed by atoms with van der Waals surface area (Å²) in [4.78, 5) is 14.1. The van der Waals surface area contributed by atoms with Crippen LogP contribution in [-0.2, 0) is 17.9 Å². The summed E-state index contributed by atoms with van der Waals surface area (Å²) in [7, 11) is 0. The van der Waals surface area contributed by atoms with Crippen molar-refractivity contribution in [3.8, 4) is 0 Å². The molecule has 1 aromatic rings. The van der Waals surface area contributed by atoms with Crippen molar-refractivity contribution in [1.29, 1.82) is 0 Å². The number of hydrogen-bond acceptors (Lipinski definition) is 3. The Kier molecular flexibility index (Phi) is 11.3. The molecule has 2 rings (SSSR count). The SMILES string of the molecule is Cl.Cl.NCCCC(=O)NCc1ccccc1CN1CCCC1. The topological polar surface area (TPSA) is 58.4 Å². The molecule has 1 heterocycles. The molecule has 0 spiro atoms. The van der Waals surface area contributed by atoms with Crippen LogP contribution >= 0.6 is 24.8 Å². The van der Waals surface area contributed by atoms with E-state index in [1.165, 1.54) is 37.1 Å². The van der Waals surface area contributed by atoms with Crippen molar-refractivity contribution in [2.45, 2.75) is 38.8 Å². The van der Waals surface area contributed by atoms with Gasteiger partial charge in [0.25, 0.3) is 0 Å². The van der Waals surface area contributed by atoms with Gasteiger partial charge in [0.05, 0.1) is 0 Å². The van der Waals surface area contributed by atoms with E-state index < -0.39 is 0 Å². The first-order valence-corrected chi connectivity index (χ1v) is 7.55. The number of hydrogen-bond donors (Lipinski definition) is 2. The van der Waals surface area contributed by atoms with Gasteiger partial charge in [-0.05, 0) is 50.0 Å². The predicted molar refractivity (Wildman–Crippen MR) is 95.6 cm³/mol. The molecule has 22 heavy (non-hydrogen) atoms. The smallest absolute Gasteiger partial charge is 0.220 e. The summed E-state index contributed by atoms with van der Waals surface area (Å²) in [6.07, 6.45) is 3.88. The molecule has 0 atom stereocenters. The number of carbonyl (C=O) groups excluding carboxylic acids is 1. The molecular formula is C16H27Cl2N3O. The zero-order chi connectivity index (χ0) is 14.2. The normalized spacial score (nSPS) is 14.0.